The zero-order valence-corrected chi connectivity index (χ0v) is 10.8. The second-order valence-corrected chi connectivity index (χ2v) is 5.05. The molecule has 106 valence electrons. The molecule has 0 radical (unpaired) electrons. The highest BCUT2D eigenvalue weighted by molar-refractivity contribution is 5.32. The molecule has 19 heavy (non-hydrogen) atoms. The van der Waals surface area contributed by atoms with Crippen molar-refractivity contribution < 1.29 is 13.2 Å². The molecule has 1 fully saturated rings. The molecular formula is C14H19F3N2. The summed E-state index contributed by atoms with van der Waals surface area (Å²) in [6, 6.07) is 5.01. The van der Waals surface area contributed by atoms with E-state index in [1.807, 2.05) is 0 Å². The van der Waals surface area contributed by atoms with Crippen LogP contribution in [0.4, 0.5) is 13.2 Å². The minimum absolute atomic E-state index is 0.195. The van der Waals surface area contributed by atoms with Gasteiger partial charge in [0.2, 0.25) is 0 Å². The number of piperidine rings is 1. The summed E-state index contributed by atoms with van der Waals surface area (Å²) in [7, 11) is 0. The van der Waals surface area contributed by atoms with Gasteiger partial charge in [0.25, 0.3) is 0 Å². The Bertz CT molecular complexity index is 411. The lowest BCUT2D eigenvalue weighted by molar-refractivity contribution is -0.138. The van der Waals surface area contributed by atoms with Gasteiger partial charge in [-0.25, -0.2) is 0 Å². The third-order valence-corrected chi connectivity index (χ3v) is 3.57. The minimum Gasteiger partial charge on any atom is -0.323 e. The summed E-state index contributed by atoms with van der Waals surface area (Å²) in [5.41, 5.74) is 5.57. The van der Waals surface area contributed by atoms with Crippen LogP contribution in [0.25, 0.3) is 0 Å². The monoisotopic (exact) mass is 272 g/mol. The highest BCUT2D eigenvalue weighted by Crippen LogP contribution is 2.34. The highest BCUT2D eigenvalue weighted by atomic mass is 19.4. The van der Waals surface area contributed by atoms with E-state index in [4.69, 9.17) is 5.73 Å². The van der Waals surface area contributed by atoms with E-state index in [0.29, 0.717) is 6.54 Å². The summed E-state index contributed by atoms with van der Waals surface area (Å²) in [6.07, 6.45) is -0.928. The maximum Gasteiger partial charge on any atom is 0.416 e. The number of nitrogens with zero attached hydrogens (tertiary/aromatic N) is 1. The lowest BCUT2D eigenvalue weighted by atomic mass is 9.99. The molecule has 0 spiro atoms. The number of hydrogen-bond donors (Lipinski definition) is 1. The third-order valence-electron chi connectivity index (χ3n) is 3.57. The fourth-order valence-electron chi connectivity index (χ4n) is 2.60. The fourth-order valence-corrected chi connectivity index (χ4v) is 2.60. The smallest absolute Gasteiger partial charge is 0.323 e. The van der Waals surface area contributed by atoms with E-state index in [1.54, 1.807) is 6.07 Å². The van der Waals surface area contributed by atoms with Crippen molar-refractivity contribution in [1.29, 1.82) is 0 Å². The molecule has 1 atom stereocenters. The number of nitrogens with two attached hydrogens (primary N) is 1. The number of alkyl halides is 3. The Labute approximate surface area is 111 Å². The van der Waals surface area contributed by atoms with E-state index < -0.39 is 17.8 Å². The Kier molecular flexibility index (Phi) is 4.47. The summed E-state index contributed by atoms with van der Waals surface area (Å²) >= 11 is 0. The molecule has 5 heteroatoms. The number of hydrogen-bond acceptors (Lipinski definition) is 2. The SMILES string of the molecule is NC(CN1CCCCC1)c1ccccc1C(F)(F)F. The van der Waals surface area contributed by atoms with E-state index in [0.717, 1.165) is 32.0 Å². The molecule has 1 unspecified atom stereocenters. The van der Waals surface area contributed by atoms with Crippen LogP contribution in [-0.2, 0) is 6.18 Å². The molecule has 1 aliphatic rings. The van der Waals surface area contributed by atoms with Gasteiger partial charge in [-0.3, -0.25) is 0 Å². The quantitative estimate of drug-likeness (QED) is 0.915. The summed E-state index contributed by atoms with van der Waals surface area (Å²) in [4.78, 5) is 2.15. The summed E-state index contributed by atoms with van der Waals surface area (Å²) in [5, 5.41) is 0. The second-order valence-electron chi connectivity index (χ2n) is 5.05. The lowest BCUT2D eigenvalue weighted by Crippen LogP contribution is -2.36. The van der Waals surface area contributed by atoms with Crippen LogP contribution in [0, 0.1) is 0 Å². The molecule has 1 aromatic carbocycles. The Morgan fingerprint density at radius 3 is 2.37 bits per heavy atom. The summed E-state index contributed by atoms with van der Waals surface area (Å²) < 4.78 is 38.8. The predicted octanol–water partition coefficient (Wildman–Crippen LogP) is 3.19. The topological polar surface area (TPSA) is 29.3 Å². The van der Waals surface area contributed by atoms with Gasteiger partial charge in [0, 0.05) is 12.6 Å². The fraction of sp³-hybridized carbons (Fsp3) is 0.571. The largest absolute Gasteiger partial charge is 0.416 e. The first kappa shape index (κ1) is 14.3. The molecule has 1 aliphatic heterocycles. The molecule has 0 bridgehead atoms. The normalized spacial score (nSPS) is 19.4. The van der Waals surface area contributed by atoms with Gasteiger partial charge >= 0.3 is 6.18 Å². The van der Waals surface area contributed by atoms with Gasteiger partial charge in [-0.2, -0.15) is 13.2 Å². The first-order chi connectivity index (χ1) is 8.98. The van der Waals surface area contributed by atoms with Crippen LogP contribution in [-0.4, -0.2) is 24.5 Å². The molecule has 1 heterocycles. The van der Waals surface area contributed by atoms with E-state index >= 15 is 0 Å². The van der Waals surface area contributed by atoms with E-state index in [2.05, 4.69) is 4.90 Å². The van der Waals surface area contributed by atoms with Crippen LogP contribution >= 0.6 is 0 Å². The van der Waals surface area contributed by atoms with Crippen LogP contribution in [0.1, 0.15) is 36.4 Å². The highest BCUT2D eigenvalue weighted by Gasteiger charge is 2.34. The molecule has 2 nitrogen and oxygen atoms in total. The maximum atomic E-state index is 12.9. The average molecular weight is 272 g/mol. The van der Waals surface area contributed by atoms with Crippen LogP contribution in [0.15, 0.2) is 24.3 Å². The van der Waals surface area contributed by atoms with Gasteiger partial charge in [0.15, 0.2) is 0 Å². The summed E-state index contributed by atoms with van der Waals surface area (Å²) in [6.45, 7) is 2.36. The maximum absolute atomic E-state index is 12.9. The zero-order valence-electron chi connectivity index (χ0n) is 10.8. The molecule has 2 rings (SSSR count). The van der Waals surface area contributed by atoms with Crippen LogP contribution in [0.3, 0.4) is 0 Å². The molecule has 0 saturated carbocycles. The Balaban J connectivity index is 2.12. The van der Waals surface area contributed by atoms with Gasteiger partial charge in [-0.1, -0.05) is 24.6 Å². The van der Waals surface area contributed by atoms with E-state index in [9.17, 15) is 13.2 Å². The van der Waals surface area contributed by atoms with Gasteiger partial charge < -0.3 is 10.6 Å². The zero-order chi connectivity index (χ0) is 13.9. The third kappa shape index (κ3) is 3.70. The molecule has 2 N–H and O–H groups in total. The van der Waals surface area contributed by atoms with Crippen molar-refractivity contribution in [1.82, 2.24) is 4.90 Å². The van der Waals surface area contributed by atoms with Crippen molar-refractivity contribution in [2.45, 2.75) is 31.5 Å². The number of rotatable bonds is 3. The van der Waals surface area contributed by atoms with Gasteiger partial charge in [0.1, 0.15) is 0 Å². The number of halogens is 3. The van der Waals surface area contributed by atoms with Gasteiger partial charge in [-0.05, 0) is 37.6 Å². The van der Waals surface area contributed by atoms with Crippen LogP contribution in [0.2, 0.25) is 0 Å². The van der Waals surface area contributed by atoms with Crippen molar-refractivity contribution in [3.8, 4) is 0 Å². The number of benzene rings is 1. The molecule has 1 saturated heterocycles. The molecular weight excluding hydrogens is 253 g/mol. The molecule has 1 aromatic rings. The summed E-state index contributed by atoms with van der Waals surface area (Å²) in [5.74, 6) is 0. The first-order valence-electron chi connectivity index (χ1n) is 6.62. The minimum atomic E-state index is -4.34. The molecule has 0 aliphatic carbocycles. The van der Waals surface area contributed by atoms with Crippen LogP contribution < -0.4 is 5.73 Å². The van der Waals surface area contributed by atoms with Crippen molar-refractivity contribution in [2.24, 2.45) is 5.73 Å². The Morgan fingerprint density at radius 2 is 1.74 bits per heavy atom. The standard InChI is InChI=1S/C14H19F3N2/c15-14(16,17)12-7-3-2-6-11(12)13(18)10-19-8-4-1-5-9-19/h2-3,6-7,13H,1,4-5,8-10,18H2. The molecule has 0 aromatic heterocycles. The lowest BCUT2D eigenvalue weighted by Gasteiger charge is -2.29. The van der Waals surface area contributed by atoms with Crippen LogP contribution in [0.5, 0.6) is 0 Å². The van der Waals surface area contributed by atoms with Gasteiger partial charge in [-0.15, -0.1) is 0 Å². The van der Waals surface area contributed by atoms with E-state index in [-0.39, 0.29) is 5.56 Å². The van der Waals surface area contributed by atoms with Crippen molar-refractivity contribution in [2.75, 3.05) is 19.6 Å². The Morgan fingerprint density at radius 1 is 1.11 bits per heavy atom. The predicted molar refractivity (Wildman–Crippen MR) is 68.7 cm³/mol. The second kappa shape index (κ2) is 5.92. The average Bonchev–Trinajstić information content (AvgIpc) is 2.39. The van der Waals surface area contributed by atoms with Crippen molar-refractivity contribution in [3.05, 3.63) is 35.4 Å². The van der Waals surface area contributed by atoms with Gasteiger partial charge in [0.05, 0.1) is 5.56 Å². The van der Waals surface area contributed by atoms with Crippen molar-refractivity contribution in [3.63, 3.8) is 0 Å². The van der Waals surface area contributed by atoms with E-state index in [1.165, 1.54) is 18.6 Å². The first-order valence-corrected chi connectivity index (χ1v) is 6.62. The Hall–Kier alpha value is -1.07. The number of likely N-dealkylation sites (tertiary alicyclic amines) is 1. The molecule has 0 amide bonds. The van der Waals surface area contributed by atoms with Crippen molar-refractivity contribution >= 4 is 0 Å².